The molecule has 0 heterocycles. The van der Waals surface area contributed by atoms with Crippen molar-refractivity contribution in [1.29, 1.82) is 0 Å². The lowest BCUT2D eigenvalue weighted by Crippen LogP contribution is -2.43. The molecular formula is C27H31BrN2O3. The number of hydrogen-bond donors (Lipinski definition) is 1. The molecule has 0 aromatic heterocycles. The third-order valence-corrected chi connectivity index (χ3v) is 8.85. The van der Waals surface area contributed by atoms with Crippen LogP contribution < -0.4 is 5.32 Å². The van der Waals surface area contributed by atoms with Crippen LogP contribution in [0.1, 0.15) is 75.7 Å². The molecule has 2 unspecified atom stereocenters. The molecule has 2 saturated carbocycles. The molecule has 0 spiro atoms. The Labute approximate surface area is 204 Å². The zero-order chi connectivity index (χ0) is 24.0. The number of amides is 1. The van der Waals surface area contributed by atoms with Crippen LogP contribution in [0.3, 0.4) is 0 Å². The number of carbonyl (C=O) groups excluding carboxylic acids is 2. The highest BCUT2D eigenvalue weighted by Gasteiger charge is 2.71. The summed E-state index contributed by atoms with van der Waals surface area (Å²) in [6.07, 6.45) is 2.10. The molecule has 4 rings (SSSR count). The second-order valence-corrected chi connectivity index (χ2v) is 11.3. The van der Waals surface area contributed by atoms with E-state index in [-0.39, 0.29) is 16.7 Å². The average Bonchev–Trinajstić information content (AvgIpc) is 3.09. The average molecular weight is 511 g/mol. The van der Waals surface area contributed by atoms with Crippen molar-refractivity contribution in [1.82, 2.24) is 0 Å². The van der Waals surface area contributed by atoms with Gasteiger partial charge in [0.15, 0.2) is 0 Å². The van der Waals surface area contributed by atoms with Gasteiger partial charge in [0.05, 0.1) is 16.7 Å². The van der Waals surface area contributed by atoms with Crippen molar-refractivity contribution in [2.75, 3.05) is 5.32 Å². The number of carbonyl (C=O) groups is 2. The summed E-state index contributed by atoms with van der Waals surface area (Å²) >= 11 is 3.36. The highest BCUT2D eigenvalue weighted by Crippen LogP contribution is 2.71. The summed E-state index contributed by atoms with van der Waals surface area (Å²) in [5.74, 6) is -0.0441. The molecule has 5 nitrogen and oxygen atoms in total. The molecule has 2 aliphatic carbocycles. The molecule has 1 N–H and O–H groups in total. The first-order valence-electron chi connectivity index (χ1n) is 11.5. The second kappa shape index (κ2) is 8.39. The molecule has 2 fully saturated rings. The number of anilines is 1. The molecule has 174 valence electrons. The SMILES string of the molecule is CC(C)c1ccc(NC(=O)C23CCC(C)(C(=NOC(=O)c4ccc(Br)cc4)C2)C3(C)C)cc1. The van der Waals surface area contributed by atoms with Crippen LogP contribution in [-0.2, 0) is 9.63 Å². The zero-order valence-electron chi connectivity index (χ0n) is 19.9. The first kappa shape index (κ1) is 23.7. The zero-order valence-corrected chi connectivity index (χ0v) is 21.5. The van der Waals surface area contributed by atoms with Gasteiger partial charge >= 0.3 is 5.97 Å². The molecule has 0 saturated heterocycles. The summed E-state index contributed by atoms with van der Waals surface area (Å²) in [4.78, 5) is 31.5. The molecule has 2 atom stereocenters. The largest absolute Gasteiger partial charge is 0.365 e. The number of oxime groups is 1. The fourth-order valence-corrected chi connectivity index (χ4v) is 5.72. The molecule has 2 aromatic carbocycles. The van der Waals surface area contributed by atoms with Gasteiger partial charge in [-0.1, -0.05) is 67.8 Å². The van der Waals surface area contributed by atoms with E-state index in [0.29, 0.717) is 17.9 Å². The van der Waals surface area contributed by atoms with Gasteiger partial charge in [-0.15, -0.1) is 0 Å². The smallest absolute Gasteiger partial charge is 0.326 e. The van der Waals surface area contributed by atoms with Crippen molar-refractivity contribution in [3.05, 3.63) is 64.1 Å². The van der Waals surface area contributed by atoms with Crippen LogP contribution >= 0.6 is 15.9 Å². The van der Waals surface area contributed by atoms with E-state index in [1.54, 1.807) is 24.3 Å². The molecule has 2 aliphatic rings. The summed E-state index contributed by atoms with van der Waals surface area (Å²) in [5.41, 5.74) is 2.03. The van der Waals surface area contributed by atoms with E-state index >= 15 is 0 Å². The predicted molar refractivity (Wildman–Crippen MR) is 134 cm³/mol. The summed E-state index contributed by atoms with van der Waals surface area (Å²) in [6, 6.07) is 15.0. The van der Waals surface area contributed by atoms with Crippen LogP contribution in [0.15, 0.2) is 58.2 Å². The van der Waals surface area contributed by atoms with Gasteiger partial charge < -0.3 is 10.2 Å². The Balaban J connectivity index is 1.55. The van der Waals surface area contributed by atoms with E-state index in [1.807, 2.05) is 12.1 Å². The number of nitrogens with zero attached hydrogens (tertiary/aromatic N) is 1. The molecule has 0 aliphatic heterocycles. The maximum Gasteiger partial charge on any atom is 0.365 e. The van der Waals surface area contributed by atoms with Gasteiger partial charge in [0.1, 0.15) is 0 Å². The monoisotopic (exact) mass is 510 g/mol. The quantitative estimate of drug-likeness (QED) is 0.349. The Hall–Kier alpha value is -2.47. The number of fused-ring (bicyclic) bond motifs is 2. The summed E-state index contributed by atoms with van der Waals surface area (Å²) in [6.45, 7) is 10.7. The van der Waals surface area contributed by atoms with E-state index < -0.39 is 11.4 Å². The number of benzene rings is 2. The Morgan fingerprint density at radius 1 is 1.00 bits per heavy atom. The molecule has 1 amide bonds. The van der Waals surface area contributed by atoms with Crippen molar-refractivity contribution in [3.63, 3.8) is 0 Å². The van der Waals surface area contributed by atoms with Gasteiger partial charge in [-0.25, -0.2) is 4.79 Å². The van der Waals surface area contributed by atoms with Gasteiger partial charge in [-0.05, 0) is 66.1 Å². The van der Waals surface area contributed by atoms with Crippen LogP contribution in [0.2, 0.25) is 0 Å². The van der Waals surface area contributed by atoms with E-state index in [9.17, 15) is 9.59 Å². The fraction of sp³-hybridized carbons (Fsp3) is 0.444. The Kier molecular flexibility index (Phi) is 6.02. The fourth-order valence-electron chi connectivity index (χ4n) is 5.46. The molecule has 0 radical (unpaired) electrons. The molecular weight excluding hydrogens is 480 g/mol. The number of nitrogens with one attached hydrogen (secondary N) is 1. The minimum atomic E-state index is -0.596. The van der Waals surface area contributed by atoms with Gasteiger partial charge in [-0.2, -0.15) is 0 Å². The second-order valence-electron chi connectivity index (χ2n) is 10.4. The number of halogens is 1. The third-order valence-electron chi connectivity index (χ3n) is 8.32. The van der Waals surface area contributed by atoms with Gasteiger partial charge in [-0.3, -0.25) is 4.79 Å². The van der Waals surface area contributed by atoms with E-state index in [0.717, 1.165) is 28.7 Å². The normalized spacial score (nSPS) is 26.6. The Morgan fingerprint density at radius 2 is 1.64 bits per heavy atom. The standard InChI is InChI=1S/C27H31BrN2O3/c1-17(2)18-8-12-21(13-9-18)29-24(32)27-15-14-26(5,25(27,3)4)22(16-27)30-33-23(31)19-6-10-20(28)11-7-19/h6-13,17H,14-16H2,1-5H3,(H,29,32). The Morgan fingerprint density at radius 3 is 2.24 bits per heavy atom. The molecule has 2 aromatic rings. The minimum Gasteiger partial charge on any atom is -0.326 e. The van der Waals surface area contributed by atoms with Crippen molar-refractivity contribution in [2.24, 2.45) is 21.4 Å². The summed E-state index contributed by atoms with van der Waals surface area (Å²) in [5, 5.41) is 7.46. The number of rotatable bonds is 5. The first-order chi connectivity index (χ1) is 15.5. The highest BCUT2D eigenvalue weighted by molar-refractivity contribution is 9.10. The van der Waals surface area contributed by atoms with Gasteiger partial charge in [0, 0.05) is 22.0 Å². The lowest BCUT2D eigenvalue weighted by Gasteiger charge is -2.39. The maximum atomic E-state index is 13.6. The van der Waals surface area contributed by atoms with Crippen LogP contribution in [0.5, 0.6) is 0 Å². The lowest BCUT2D eigenvalue weighted by molar-refractivity contribution is -0.130. The first-order valence-corrected chi connectivity index (χ1v) is 12.3. The van der Waals surface area contributed by atoms with Crippen LogP contribution in [0, 0.1) is 16.2 Å². The van der Waals surface area contributed by atoms with Crippen molar-refractivity contribution in [2.45, 2.75) is 59.8 Å². The van der Waals surface area contributed by atoms with E-state index in [2.05, 4.69) is 73.2 Å². The van der Waals surface area contributed by atoms with Gasteiger partial charge in [0.25, 0.3) is 0 Å². The lowest BCUT2D eigenvalue weighted by atomic mass is 9.64. The molecule has 33 heavy (non-hydrogen) atoms. The van der Waals surface area contributed by atoms with Crippen molar-refractivity contribution < 1.29 is 14.4 Å². The predicted octanol–water partition coefficient (Wildman–Crippen LogP) is 6.94. The molecule has 6 heteroatoms. The van der Waals surface area contributed by atoms with E-state index in [1.165, 1.54) is 5.56 Å². The topological polar surface area (TPSA) is 67.8 Å². The van der Waals surface area contributed by atoms with Crippen molar-refractivity contribution in [3.8, 4) is 0 Å². The summed E-state index contributed by atoms with van der Waals surface area (Å²) < 4.78 is 0.888. The van der Waals surface area contributed by atoms with E-state index in [4.69, 9.17) is 4.84 Å². The number of hydrogen-bond acceptors (Lipinski definition) is 4. The van der Waals surface area contributed by atoms with Crippen molar-refractivity contribution >= 4 is 39.2 Å². The Bertz CT molecular complexity index is 1110. The van der Waals surface area contributed by atoms with Crippen LogP contribution in [-0.4, -0.2) is 17.6 Å². The molecule has 2 bridgehead atoms. The van der Waals surface area contributed by atoms with Crippen LogP contribution in [0.4, 0.5) is 5.69 Å². The highest BCUT2D eigenvalue weighted by atomic mass is 79.9. The third kappa shape index (κ3) is 3.82. The summed E-state index contributed by atoms with van der Waals surface area (Å²) in [7, 11) is 0. The minimum absolute atomic E-state index is 0.0120. The van der Waals surface area contributed by atoms with Crippen LogP contribution in [0.25, 0.3) is 0 Å². The van der Waals surface area contributed by atoms with Gasteiger partial charge in [0.2, 0.25) is 5.91 Å². The maximum absolute atomic E-state index is 13.6.